The summed E-state index contributed by atoms with van der Waals surface area (Å²) in [6, 6.07) is 6.53. The fourth-order valence-electron chi connectivity index (χ4n) is 2.18. The van der Waals surface area contributed by atoms with Gasteiger partial charge in [0.15, 0.2) is 0 Å². The maximum absolute atomic E-state index is 12.5. The third kappa shape index (κ3) is 2.50. The van der Waals surface area contributed by atoms with Gasteiger partial charge in [0.05, 0.1) is 17.9 Å². The van der Waals surface area contributed by atoms with Gasteiger partial charge in [0.1, 0.15) is 4.90 Å². The molecular weight excluding hydrogens is 252 g/mol. The Morgan fingerprint density at radius 2 is 1.78 bits per heavy atom. The van der Waals surface area contributed by atoms with Crippen LogP contribution in [-0.2, 0) is 14.8 Å². The molecule has 2 atom stereocenters. The van der Waals surface area contributed by atoms with Crippen LogP contribution >= 0.6 is 0 Å². The molecule has 18 heavy (non-hydrogen) atoms. The summed E-state index contributed by atoms with van der Waals surface area (Å²) < 4.78 is 32.0. The Morgan fingerprint density at radius 1 is 1.22 bits per heavy atom. The molecule has 5 nitrogen and oxygen atoms in total. The topological polar surface area (TPSA) is 72.6 Å². The van der Waals surface area contributed by atoms with Crippen LogP contribution in [0.1, 0.15) is 13.8 Å². The number of ether oxygens (including phenoxy) is 1. The molecule has 6 heteroatoms. The first kappa shape index (κ1) is 13.3. The number of hydrogen-bond acceptors (Lipinski definition) is 4. The van der Waals surface area contributed by atoms with Gasteiger partial charge in [0.2, 0.25) is 10.0 Å². The molecule has 1 saturated heterocycles. The van der Waals surface area contributed by atoms with Crippen molar-refractivity contribution in [2.24, 2.45) is 0 Å². The molecule has 1 aliphatic heterocycles. The normalized spacial score (nSPS) is 26.1. The fourth-order valence-corrected chi connectivity index (χ4v) is 3.89. The molecule has 0 saturated carbocycles. The van der Waals surface area contributed by atoms with Crippen LogP contribution in [0.4, 0.5) is 5.69 Å². The van der Waals surface area contributed by atoms with Crippen LogP contribution in [0.15, 0.2) is 29.2 Å². The van der Waals surface area contributed by atoms with Gasteiger partial charge < -0.3 is 10.5 Å². The molecule has 0 bridgehead atoms. The highest BCUT2D eigenvalue weighted by molar-refractivity contribution is 7.89. The highest BCUT2D eigenvalue weighted by atomic mass is 32.2. The van der Waals surface area contributed by atoms with Crippen LogP contribution in [-0.4, -0.2) is 38.0 Å². The van der Waals surface area contributed by atoms with Crippen molar-refractivity contribution in [2.45, 2.75) is 31.0 Å². The highest BCUT2D eigenvalue weighted by Crippen LogP contribution is 2.24. The van der Waals surface area contributed by atoms with Crippen molar-refractivity contribution < 1.29 is 13.2 Å². The zero-order valence-electron chi connectivity index (χ0n) is 10.5. The molecular formula is C12H18N2O3S. The number of rotatable bonds is 2. The third-order valence-corrected chi connectivity index (χ3v) is 4.83. The number of nitrogens with two attached hydrogens (primary N) is 1. The van der Waals surface area contributed by atoms with Crippen molar-refractivity contribution in [2.75, 3.05) is 18.8 Å². The van der Waals surface area contributed by atoms with E-state index in [-0.39, 0.29) is 22.8 Å². The van der Waals surface area contributed by atoms with Gasteiger partial charge in [0.25, 0.3) is 0 Å². The van der Waals surface area contributed by atoms with E-state index in [4.69, 9.17) is 10.5 Å². The Morgan fingerprint density at radius 3 is 2.33 bits per heavy atom. The van der Waals surface area contributed by atoms with Crippen LogP contribution in [0.2, 0.25) is 0 Å². The average Bonchev–Trinajstić information content (AvgIpc) is 2.28. The van der Waals surface area contributed by atoms with E-state index < -0.39 is 10.0 Å². The molecule has 0 spiro atoms. The standard InChI is InChI=1S/C12H18N2O3S/c1-9-7-14(8-10(2)17-9)18(15,16)12-6-4-3-5-11(12)13/h3-6,9-10H,7-8,13H2,1-2H3/t9-,10-/m1/s1. The molecule has 0 unspecified atom stereocenters. The number of sulfonamides is 1. The van der Waals surface area contributed by atoms with Crippen LogP contribution in [0, 0.1) is 0 Å². The maximum Gasteiger partial charge on any atom is 0.245 e. The van der Waals surface area contributed by atoms with Crippen molar-refractivity contribution in [3.8, 4) is 0 Å². The molecule has 0 aliphatic carbocycles. The maximum atomic E-state index is 12.5. The molecule has 1 aliphatic rings. The Balaban J connectivity index is 2.34. The average molecular weight is 270 g/mol. The van der Waals surface area contributed by atoms with E-state index in [0.29, 0.717) is 13.1 Å². The first-order chi connectivity index (χ1) is 8.41. The van der Waals surface area contributed by atoms with Gasteiger partial charge in [0, 0.05) is 13.1 Å². The van der Waals surface area contributed by atoms with E-state index in [1.807, 2.05) is 13.8 Å². The van der Waals surface area contributed by atoms with Crippen LogP contribution in [0.25, 0.3) is 0 Å². The SMILES string of the molecule is C[C@@H]1CN(S(=O)(=O)c2ccccc2N)C[C@@H](C)O1. The summed E-state index contributed by atoms with van der Waals surface area (Å²) in [4.78, 5) is 0.173. The van der Waals surface area contributed by atoms with Gasteiger partial charge in [-0.05, 0) is 26.0 Å². The molecule has 2 N–H and O–H groups in total. The van der Waals surface area contributed by atoms with Gasteiger partial charge >= 0.3 is 0 Å². The molecule has 1 fully saturated rings. The second-order valence-electron chi connectivity index (χ2n) is 4.62. The van der Waals surface area contributed by atoms with E-state index >= 15 is 0 Å². The summed E-state index contributed by atoms with van der Waals surface area (Å²) in [5, 5.41) is 0. The van der Waals surface area contributed by atoms with Crippen molar-refractivity contribution >= 4 is 15.7 Å². The molecule has 1 aromatic rings. The lowest BCUT2D eigenvalue weighted by molar-refractivity contribution is -0.0440. The van der Waals surface area contributed by atoms with Gasteiger partial charge in [-0.2, -0.15) is 4.31 Å². The molecule has 1 aromatic carbocycles. The minimum atomic E-state index is -3.53. The summed E-state index contributed by atoms with van der Waals surface area (Å²) in [5.41, 5.74) is 6.03. The number of para-hydroxylation sites is 1. The zero-order valence-corrected chi connectivity index (χ0v) is 11.4. The smallest absolute Gasteiger partial charge is 0.245 e. The van der Waals surface area contributed by atoms with Crippen LogP contribution in [0.3, 0.4) is 0 Å². The number of morpholine rings is 1. The number of nitrogen functional groups attached to an aromatic ring is 1. The Kier molecular flexibility index (Phi) is 3.61. The Bertz CT molecular complexity index is 520. The molecule has 1 heterocycles. The van der Waals surface area contributed by atoms with E-state index in [0.717, 1.165) is 0 Å². The quantitative estimate of drug-likeness (QED) is 0.816. The largest absolute Gasteiger partial charge is 0.398 e. The lowest BCUT2D eigenvalue weighted by Crippen LogP contribution is -2.48. The molecule has 0 radical (unpaired) electrons. The predicted octanol–water partition coefficient (Wildman–Crippen LogP) is 1.07. The summed E-state index contributed by atoms with van der Waals surface area (Å²) in [6.07, 6.45) is -0.207. The molecule has 0 amide bonds. The third-order valence-electron chi connectivity index (χ3n) is 2.92. The van der Waals surface area contributed by atoms with E-state index in [9.17, 15) is 8.42 Å². The van der Waals surface area contributed by atoms with Crippen molar-refractivity contribution in [1.82, 2.24) is 4.31 Å². The second-order valence-corrected chi connectivity index (χ2v) is 6.52. The van der Waals surface area contributed by atoms with Crippen LogP contribution in [0.5, 0.6) is 0 Å². The number of benzene rings is 1. The zero-order chi connectivity index (χ0) is 13.3. The number of nitrogens with zero attached hydrogens (tertiary/aromatic N) is 1. The van der Waals surface area contributed by atoms with Crippen molar-refractivity contribution in [3.63, 3.8) is 0 Å². The van der Waals surface area contributed by atoms with Gasteiger partial charge in [-0.15, -0.1) is 0 Å². The predicted molar refractivity (Wildman–Crippen MR) is 69.6 cm³/mol. The summed E-state index contributed by atoms with van der Waals surface area (Å²) in [5.74, 6) is 0. The van der Waals surface area contributed by atoms with Gasteiger partial charge in [-0.3, -0.25) is 0 Å². The Labute approximate surface area is 108 Å². The second kappa shape index (κ2) is 4.87. The molecule has 100 valence electrons. The van der Waals surface area contributed by atoms with Gasteiger partial charge in [-0.1, -0.05) is 12.1 Å². The van der Waals surface area contributed by atoms with Crippen LogP contribution < -0.4 is 5.73 Å². The van der Waals surface area contributed by atoms with E-state index in [1.54, 1.807) is 18.2 Å². The fraction of sp³-hybridized carbons (Fsp3) is 0.500. The number of hydrogen-bond donors (Lipinski definition) is 1. The summed E-state index contributed by atoms with van der Waals surface area (Å²) >= 11 is 0. The first-order valence-electron chi connectivity index (χ1n) is 5.91. The lowest BCUT2D eigenvalue weighted by atomic mass is 10.3. The summed E-state index contributed by atoms with van der Waals surface area (Å²) in [6.45, 7) is 4.46. The minimum Gasteiger partial charge on any atom is -0.398 e. The monoisotopic (exact) mass is 270 g/mol. The lowest BCUT2D eigenvalue weighted by Gasteiger charge is -2.34. The van der Waals surface area contributed by atoms with Gasteiger partial charge in [-0.25, -0.2) is 8.42 Å². The highest BCUT2D eigenvalue weighted by Gasteiger charge is 2.32. The minimum absolute atomic E-state index is 0.103. The number of anilines is 1. The summed E-state index contributed by atoms with van der Waals surface area (Å²) in [7, 11) is -3.53. The molecule has 2 rings (SSSR count). The Hall–Kier alpha value is -1.11. The van der Waals surface area contributed by atoms with Crippen molar-refractivity contribution in [1.29, 1.82) is 0 Å². The van der Waals surface area contributed by atoms with Crippen molar-refractivity contribution in [3.05, 3.63) is 24.3 Å². The molecule has 0 aromatic heterocycles. The first-order valence-corrected chi connectivity index (χ1v) is 7.35. The van der Waals surface area contributed by atoms with E-state index in [2.05, 4.69) is 0 Å². The van der Waals surface area contributed by atoms with E-state index in [1.165, 1.54) is 10.4 Å².